The number of aryl methyl sites for hydroxylation is 1. The minimum atomic E-state index is -0.323. The van der Waals surface area contributed by atoms with Crippen LogP contribution in [0.1, 0.15) is 12.2 Å². The van der Waals surface area contributed by atoms with Gasteiger partial charge in [0.15, 0.2) is 0 Å². The third kappa shape index (κ3) is 7.50. The Morgan fingerprint density at radius 3 is 2.57 bits per heavy atom. The number of aromatic nitrogens is 4. The molecule has 2 aromatic heterocycles. The number of hydrogen-bond donors (Lipinski definition) is 4. The maximum atomic E-state index is 12.3. The number of methoxy groups -OCH3 is 1. The van der Waals surface area contributed by atoms with Crippen LogP contribution in [0.15, 0.2) is 67.4 Å². The largest absolute Gasteiger partial charge is 0.494 e. The SMILES string of the molecule is C=CC(=O)Nc1cc(Nc2nccc(-c3[nH]c(CCCO)nc3-c3ccccc3)n2)c(OC)cc1N(C)CCN(C)C. The monoisotopic (exact) mass is 570 g/mol. The highest BCUT2D eigenvalue weighted by atomic mass is 16.5. The predicted molar refractivity (Wildman–Crippen MR) is 167 cm³/mol. The topological polar surface area (TPSA) is 132 Å². The van der Waals surface area contributed by atoms with Gasteiger partial charge >= 0.3 is 0 Å². The number of nitrogens with one attached hydrogen (secondary N) is 3. The zero-order valence-corrected chi connectivity index (χ0v) is 24.5. The van der Waals surface area contributed by atoms with Crippen molar-refractivity contribution in [3.05, 3.63) is 73.2 Å². The van der Waals surface area contributed by atoms with Crippen molar-refractivity contribution in [2.24, 2.45) is 0 Å². The van der Waals surface area contributed by atoms with Gasteiger partial charge in [0.25, 0.3) is 0 Å². The van der Waals surface area contributed by atoms with Gasteiger partial charge in [0, 0.05) is 51.0 Å². The van der Waals surface area contributed by atoms with Gasteiger partial charge in [-0.3, -0.25) is 4.79 Å². The number of rotatable bonds is 14. The van der Waals surface area contributed by atoms with Crippen LogP contribution in [0.5, 0.6) is 5.75 Å². The summed E-state index contributed by atoms with van der Waals surface area (Å²) in [5.74, 6) is 1.34. The van der Waals surface area contributed by atoms with Gasteiger partial charge in [-0.15, -0.1) is 0 Å². The van der Waals surface area contributed by atoms with Gasteiger partial charge in [-0.25, -0.2) is 15.0 Å². The number of carbonyl (C=O) groups is 1. The molecule has 0 unspecified atom stereocenters. The first kappa shape index (κ1) is 30.2. The van der Waals surface area contributed by atoms with Crippen molar-refractivity contribution in [2.75, 3.05) is 63.5 Å². The zero-order valence-electron chi connectivity index (χ0n) is 24.5. The molecule has 4 N–H and O–H groups in total. The van der Waals surface area contributed by atoms with Crippen LogP contribution in [0.25, 0.3) is 22.6 Å². The summed E-state index contributed by atoms with van der Waals surface area (Å²) in [6.45, 7) is 5.23. The van der Waals surface area contributed by atoms with Crippen LogP contribution in [-0.4, -0.2) is 83.8 Å². The molecule has 4 rings (SSSR count). The molecule has 0 aliphatic rings. The number of benzene rings is 2. The highest BCUT2D eigenvalue weighted by Crippen LogP contribution is 2.38. The average Bonchev–Trinajstić information content (AvgIpc) is 3.44. The van der Waals surface area contributed by atoms with Crippen LogP contribution >= 0.6 is 0 Å². The number of imidazole rings is 1. The van der Waals surface area contributed by atoms with E-state index in [0.29, 0.717) is 41.6 Å². The summed E-state index contributed by atoms with van der Waals surface area (Å²) in [5.41, 5.74) is 5.08. The van der Waals surface area contributed by atoms with Crippen molar-refractivity contribution >= 4 is 28.9 Å². The van der Waals surface area contributed by atoms with E-state index in [1.165, 1.54) is 6.08 Å². The first-order valence-corrected chi connectivity index (χ1v) is 13.7. The second kappa shape index (κ2) is 14.2. The number of aliphatic hydroxyl groups is 1. The van der Waals surface area contributed by atoms with Gasteiger partial charge in [0.05, 0.1) is 41.3 Å². The molecule has 0 aliphatic heterocycles. The number of nitrogens with zero attached hydrogens (tertiary/aromatic N) is 5. The highest BCUT2D eigenvalue weighted by Gasteiger charge is 2.19. The number of anilines is 4. The highest BCUT2D eigenvalue weighted by molar-refractivity contribution is 6.02. The van der Waals surface area contributed by atoms with Crippen LogP contribution in [-0.2, 0) is 11.2 Å². The minimum Gasteiger partial charge on any atom is -0.494 e. The molecule has 0 saturated heterocycles. The second-order valence-corrected chi connectivity index (χ2v) is 9.98. The average molecular weight is 571 g/mol. The number of aromatic amines is 1. The summed E-state index contributed by atoms with van der Waals surface area (Å²) in [7, 11) is 7.58. The molecule has 42 heavy (non-hydrogen) atoms. The van der Waals surface area contributed by atoms with Gasteiger partial charge in [0.1, 0.15) is 11.6 Å². The number of likely N-dealkylation sites (N-methyl/N-ethyl adjacent to an activating group) is 2. The van der Waals surface area contributed by atoms with E-state index in [1.807, 2.05) is 63.6 Å². The minimum absolute atomic E-state index is 0.0829. The van der Waals surface area contributed by atoms with Crippen molar-refractivity contribution in [2.45, 2.75) is 12.8 Å². The van der Waals surface area contributed by atoms with Crippen LogP contribution in [0.4, 0.5) is 23.0 Å². The molecule has 0 spiro atoms. The Labute approximate surface area is 246 Å². The molecule has 0 bridgehead atoms. The van der Waals surface area contributed by atoms with Gasteiger partial charge in [-0.05, 0) is 38.7 Å². The van der Waals surface area contributed by atoms with Crippen LogP contribution in [0.2, 0.25) is 0 Å². The third-order valence-electron chi connectivity index (χ3n) is 6.58. The van der Waals surface area contributed by atoms with E-state index < -0.39 is 0 Å². The van der Waals surface area contributed by atoms with Crippen molar-refractivity contribution in [1.29, 1.82) is 0 Å². The number of ether oxygens (including phenoxy) is 1. The lowest BCUT2D eigenvalue weighted by Gasteiger charge is -2.26. The fourth-order valence-corrected chi connectivity index (χ4v) is 4.36. The van der Waals surface area contributed by atoms with Crippen molar-refractivity contribution in [1.82, 2.24) is 24.8 Å². The molecular weight excluding hydrogens is 532 g/mol. The molecule has 1 amide bonds. The van der Waals surface area contributed by atoms with Crippen molar-refractivity contribution in [3.8, 4) is 28.4 Å². The summed E-state index contributed by atoms with van der Waals surface area (Å²) < 4.78 is 5.73. The van der Waals surface area contributed by atoms with Gasteiger partial charge in [-0.2, -0.15) is 0 Å². The lowest BCUT2D eigenvalue weighted by molar-refractivity contribution is -0.111. The second-order valence-electron chi connectivity index (χ2n) is 9.98. The predicted octanol–water partition coefficient (Wildman–Crippen LogP) is 4.33. The van der Waals surface area contributed by atoms with E-state index in [0.717, 1.165) is 41.6 Å². The molecule has 11 heteroatoms. The van der Waals surface area contributed by atoms with E-state index in [4.69, 9.17) is 14.7 Å². The molecular formula is C31H38N8O3. The molecule has 0 atom stereocenters. The molecule has 4 aromatic rings. The Hall–Kier alpha value is -4.74. The molecule has 2 heterocycles. The van der Waals surface area contributed by atoms with E-state index in [9.17, 15) is 9.90 Å². The Bertz CT molecular complexity index is 1500. The van der Waals surface area contributed by atoms with E-state index >= 15 is 0 Å². The standard InChI is InChI=1S/C31H38N8O3/c1-6-28(41)33-23-19-24(26(42-5)20-25(23)39(4)17-16-38(2)3)35-31-32-15-14-22(34-31)30-29(21-11-8-7-9-12-21)36-27(37-30)13-10-18-40/h6-9,11-12,14-15,19-20,40H,1,10,13,16-18H2,2-5H3,(H,33,41)(H,36,37)(H,32,34,35). The summed E-state index contributed by atoms with van der Waals surface area (Å²) in [5, 5.41) is 15.5. The maximum absolute atomic E-state index is 12.3. The fraction of sp³-hybridized carbons (Fsp3) is 0.290. The first-order chi connectivity index (χ1) is 20.3. The molecule has 0 saturated carbocycles. The van der Waals surface area contributed by atoms with Gasteiger partial charge < -0.3 is 35.3 Å². The summed E-state index contributed by atoms with van der Waals surface area (Å²) in [6.07, 6.45) is 4.11. The zero-order chi connectivity index (χ0) is 30.1. The number of aliphatic hydroxyl groups excluding tert-OH is 1. The molecule has 2 aromatic carbocycles. The van der Waals surface area contributed by atoms with Gasteiger partial charge in [-0.1, -0.05) is 36.9 Å². The van der Waals surface area contributed by atoms with E-state index in [-0.39, 0.29) is 12.5 Å². The number of hydrogen-bond acceptors (Lipinski definition) is 9. The molecule has 0 aliphatic carbocycles. The van der Waals surface area contributed by atoms with E-state index in [1.54, 1.807) is 19.4 Å². The summed E-state index contributed by atoms with van der Waals surface area (Å²) in [4.78, 5) is 33.9. The quantitative estimate of drug-likeness (QED) is 0.164. The van der Waals surface area contributed by atoms with E-state index in [2.05, 4.69) is 37.0 Å². The van der Waals surface area contributed by atoms with Crippen LogP contribution in [0, 0.1) is 0 Å². The van der Waals surface area contributed by atoms with Gasteiger partial charge in [0.2, 0.25) is 11.9 Å². The Morgan fingerprint density at radius 1 is 1.10 bits per heavy atom. The summed E-state index contributed by atoms with van der Waals surface area (Å²) in [6, 6.07) is 15.4. The van der Waals surface area contributed by atoms with Crippen LogP contribution < -0.4 is 20.3 Å². The molecule has 220 valence electrons. The maximum Gasteiger partial charge on any atom is 0.247 e. The lowest BCUT2D eigenvalue weighted by atomic mass is 10.1. The Kier molecular flexibility index (Phi) is 10.2. The number of H-pyrrole nitrogens is 1. The van der Waals surface area contributed by atoms with Crippen molar-refractivity contribution in [3.63, 3.8) is 0 Å². The fourth-order valence-electron chi connectivity index (χ4n) is 4.36. The molecule has 0 radical (unpaired) electrons. The van der Waals surface area contributed by atoms with Crippen LogP contribution in [0.3, 0.4) is 0 Å². The molecule has 0 fully saturated rings. The smallest absolute Gasteiger partial charge is 0.247 e. The first-order valence-electron chi connectivity index (χ1n) is 13.7. The third-order valence-corrected chi connectivity index (χ3v) is 6.58. The van der Waals surface area contributed by atoms with Crippen molar-refractivity contribution < 1.29 is 14.6 Å². The number of carbonyl (C=O) groups excluding carboxylic acids is 1. The Balaban J connectivity index is 1.71. The molecule has 11 nitrogen and oxygen atoms in total. The normalized spacial score (nSPS) is 10.9. The Morgan fingerprint density at radius 2 is 1.88 bits per heavy atom. The number of amides is 1. The summed E-state index contributed by atoms with van der Waals surface area (Å²) >= 11 is 0. The lowest BCUT2D eigenvalue weighted by Crippen LogP contribution is -2.29.